The lowest BCUT2D eigenvalue weighted by atomic mass is 10.1. The van der Waals surface area contributed by atoms with Crippen LogP contribution < -0.4 is 5.32 Å². The Morgan fingerprint density at radius 2 is 2.14 bits per heavy atom. The third-order valence-corrected chi connectivity index (χ3v) is 3.98. The highest BCUT2D eigenvalue weighted by molar-refractivity contribution is 6.01. The van der Waals surface area contributed by atoms with Crippen LogP contribution in [0.3, 0.4) is 0 Å². The number of fused-ring (bicyclic) bond motifs is 1. The van der Waals surface area contributed by atoms with Crippen molar-refractivity contribution >= 4 is 16.8 Å². The molecule has 0 saturated carbocycles. The highest BCUT2D eigenvalue weighted by Crippen LogP contribution is 2.25. The molecular weight excluding hydrogens is 283 g/mol. The van der Waals surface area contributed by atoms with Crippen molar-refractivity contribution in [3.63, 3.8) is 0 Å². The number of benzene rings is 1. The van der Waals surface area contributed by atoms with Crippen molar-refractivity contribution in [1.82, 2.24) is 9.88 Å². The van der Waals surface area contributed by atoms with E-state index in [4.69, 9.17) is 4.74 Å². The van der Waals surface area contributed by atoms with Gasteiger partial charge in [0.25, 0.3) is 5.91 Å². The van der Waals surface area contributed by atoms with E-state index in [1.807, 2.05) is 27.8 Å². The summed E-state index contributed by atoms with van der Waals surface area (Å²) >= 11 is 0. The predicted octanol–water partition coefficient (Wildman–Crippen LogP) is 3.17. The fourth-order valence-electron chi connectivity index (χ4n) is 2.77. The lowest BCUT2D eigenvalue weighted by molar-refractivity contribution is 0.0567. The summed E-state index contributed by atoms with van der Waals surface area (Å²) in [6.45, 7) is 6.90. The molecule has 0 aliphatic rings. The molecule has 0 spiro atoms. The maximum Gasteiger partial charge on any atom is 0.268 e. The first kappa shape index (κ1) is 16.5. The zero-order valence-corrected chi connectivity index (χ0v) is 13.6. The van der Waals surface area contributed by atoms with E-state index in [0.717, 1.165) is 22.9 Å². The second-order valence-corrected chi connectivity index (χ2v) is 5.39. The summed E-state index contributed by atoms with van der Waals surface area (Å²) in [7, 11) is 1.82. The predicted molar refractivity (Wildman–Crippen MR) is 85.7 cm³/mol. The molecule has 1 heterocycles. The second-order valence-electron chi connectivity index (χ2n) is 5.39. The van der Waals surface area contributed by atoms with Gasteiger partial charge in [0.2, 0.25) is 0 Å². The average molecular weight is 306 g/mol. The zero-order chi connectivity index (χ0) is 16.3. The number of rotatable bonds is 6. The van der Waals surface area contributed by atoms with E-state index in [0.29, 0.717) is 18.8 Å². The molecule has 22 heavy (non-hydrogen) atoms. The van der Waals surface area contributed by atoms with Crippen LogP contribution in [-0.4, -0.2) is 29.7 Å². The number of nitrogens with zero attached hydrogens (tertiary/aromatic N) is 1. The summed E-state index contributed by atoms with van der Waals surface area (Å²) < 4.78 is 20.8. The van der Waals surface area contributed by atoms with Crippen molar-refractivity contribution in [2.75, 3.05) is 13.2 Å². The van der Waals surface area contributed by atoms with Gasteiger partial charge in [-0.3, -0.25) is 4.79 Å². The number of aryl methyl sites for hydroxylation is 2. The zero-order valence-electron chi connectivity index (χ0n) is 13.6. The van der Waals surface area contributed by atoms with E-state index >= 15 is 0 Å². The number of halogens is 1. The molecule has 1 aromatic carbocycles. The molecule has 0 radical (unpaired) electrons. The smallest absolute Gasteiger partial charge is 0.268 e. The molecule has 0 bridgehead atoms. The van der Waals surface area contributed by atoms with Gasteiger partial charge in [0.1, 0.15) is 11.5 Å². The first-order valence-electron chi connectivity index (χ1n) is 7.63. The van der Waals surface area contributed by atoms with E-state index in [-0.39, 0.29) is 17.8 Å². The van der Waals surface area contributed by atoms with Gasteiger partial charge in [-0.1, -0.05) is 6.92 Å². The van der Waals surface area contributed by atoms with Crippen LogP contribution in [0.5, 0.6) is 0 Å². The number of ether oxygens (including phenoxy) is 1. The Bertz CT molecular complexity index is 679. The van der Waals surface area contributed by atoms with Crippen LogP contribution in [0, 0.1) is 12.7 Å². The van der Waals surface area contributed by atoms with Gasteiger partial charge in [-0.05, 0) is 44.0 Å². The maximum atomic E-state index is 13.4. The summed E-state index contributed by atoms with van der Waals surface area (Å²) in [6, 6.07) is 4.58. The molecule has 120 valence electrons. The van der Waals surface area contributed by atoms with Gasteiger partial charge in [-0.15, -0.1) is 0 Å². The van der Waals surface area contributed by atoms with Crippen LogP contribution >= 0.6 is 0 Å². The van der Waals surface area contributed by atoms with Gasteiger partial charge in [0.05, 0.1) is 6.10 Å². The van der Waals surface area contributed by atoms with Crippen LogP contribution in [0.4, 0.5) is 4.39 Å². The van der Waals surface area contributed by atoms with Gasteiger partial charge >= 0.3 is 0 Å². The van der Waals surface area contributed by atoms with Crippen LogP contribution in [0.1, 0.15) is 36.3 Å². The molecule has 0 saturated heterocycles. The van der Waals surface area contributed by atoms with Crippen LogP contribution in [-0.2, 0) is 11.8 Å². The highest BCUT2D eigenvalue weighted by atomic mass is 19.1. The summed E-state index contributed by atoms with van der Waals surface area (Å²) in [4.78, 5) is 12.5. The minimum Gasteiger partial charge on any atom is -0.377 e. The number of nitrogens with one attached hydrogen (secondary N) is 1. The quantitative estimate of drug-likeness (QED) is 0.891. The molecule has 2 aromatic rings. The molecule has 1 N–H and O–H groups in total. The van der Waals surface area contributed by atoms with E-state index < -0.39 is 0 Å². The maximum absolute atomic E-state index is 13.4. The number of hydrogen-bond donors (Lipinski definition) is 1. The van der Waals surface area contributed by atoms with E-state index in [9.17, 15) is 9.18 Å². The number of carbonyl (C=O) groups excluding carboxylic acids is 1. The summed E-state index contributed by atoms with van der Waals surface area (Å²) in [6.07, 6.45) is 0.856. The van der Waals surface area contributed by atoms with Crippen molar-refractivity contribution in [1.29, 1.82) is 0 Å². The van der Waals surface area contributed by atoms with Crippen molar-refractivity contribution in [2.45, 2.75) is 33.3 Å². The van der Waals surface area contributed by atoms with Crippen LogP contribution in [0.15, 0.2) is 18.2 Å². The second kappa shape index (κ2) is 6.92. The van der Waals surface area contributed by atoms with Crippen molar-refractivity contribution in [3.05, 3.63) is 35.3 Å². The Labute approximate surface area is 130 Å². The van der Waals surface area contributed by atoms with Crippen molar-refractivity contribution in [3.8, 4) is 0 Å². The molecule has 5 heteroatoms. The molecule has 0 aliphatic heterocycles. The Hall–Kier alpha value is -1.88. The number of amides is 1. The van der Waals surface area contributed by atoms with Gasteiger partial charge in [0.15, 0.2) is 0 Å². The Morgan fingerprint density at radius 3 is 2.77 bits per heavy atom. The third-order valence-electron chi connectivity index (χ3n) is 3.98. The van der Waals surface area contributed by atoms with Gasteiger partial charge in [-0.25, -0.2) is 4.39 Å². The number of hydrogen-bond acceptors (Lipinski definition) is 2. The molecule has 0 fully saturated rings. The SMILES string of the molecule is CCO[C@H](CC)CNC(=O)c1c(C)c2cc(F)ccc2n1C. The van der Waals surface area contributed by atoms with Crippen molar-refractivity contribution in [2.24, 2.45) is 7.05 Å². The van der Waals surface area contributed by atoms with E-state index in [1.165, 1.54) is 12.1 Å². The average Bonchev–Trinajstić information content (AvgIpc) is 2.74. The first-order valence-corrected chi connectivity index (χ1v) is 7.63. The summed E-state index contributed by atoms with van der Waals surface area (Å²) in [5, 5.41) is 3.68. The molecule has 0 unspecified atom stereocenters. The molecule has 1 atom stereocenters. The standard InChI is InChI=1S/C17H23FN2O2/c1-5-13(22-6-2)10-19-17(21)16-11(3)14-9-12(18)7-8-15(14)20(16)4/h7-9,13H,5-6,10H2,1-4H3,(H,19,21)/t13-/m1/s1. The summed E-state index contributed by atoms with van der Waals surface area (Å²) in [5.74, 6) is -0.453. The van der Waals surface area contributed by atoms with E-state index in [2.05, 4.69) is 5.32 Å². The van der Waals surface area contributed by atoms with Crippen LogP contribution in [0.25, 0.3) is 10.9 Å². The van der Waals surface area contributed by atoms with Gasteiger partial charge in [-0.2, -0.15) is 0 Å². The molecule has 0 aliphatic carbocycles. The molecule has 4 nitrogen and oxygen atoms in total. The topological polar surface area (TPSA) is 43.3 Å². The first-order chi connectivity index (χ1) is 10.5. The molecule has 1 aromatic heterocycles. The fourth-order valence-corrected chi connectivity index (χ4v) is 2.77. The Morgan fingerprint density at radius 1 is 1.41 bits per heavy atom. The van der Waals surface area contributed by atoms with E-state index in [1.54, 1.807) is 10.6 Å². The van der Waals surface area contributed by atoms with Gasteiger partial charge in [0, 0.05) is 31.1 Å². The fraction of sp³-hybridized carbons (Fsp3) is 0.471. The normalized spacial score (nSPS) is 12.6. The molecule has 1 amide bonds. The minimum atomic E-state index is -0.296. The van der Waals surface area contributed by atoms with Gasteiger partial charge < -0.3 is 14.6 Å². The minimum absolute atomic E-state index is 0.0152. The number of aromatic nitrogens is 1. The lowest BCUT2D eigenvalue weighted by Crippen LogP contribution is -2.34. The lowest BCUT2D eigenvalue weighted by Gasteiger charge is -2.16. The van der Waals surface area contributed by atoms with Crippen LogP contribution in [0.2, 0.25) is 0 Å². The molecular formula is C17H23FN2O2. The number of carbonyl (C=O) groups is 1. The summed E-state index contributed by atoms with van der Waals surface area (Å²) in [5.41, 5.74) is 2.20. The Balaban J connectivity index is 2.25. The Kier molecular flexibility index (Phi) is 5.19. The van der Waals surface area contributed by atoms with Crippen molar-refractivity contribution < 1.29 is 13.9 Å². The highest BCUT2D eigenvalue weighted by Gasteiger charge is 2.19. The largest absolute Gasteiger partial charge is 0.377 e. The monoisotopic (exact) mass is 306 g/mol. The third kappa shape index (κ3) is 3.14. The molecule has 2 rings (SSSR count).